The first-order valence-corrected chi connectivity index (χ1v) is 14.7. The molecule has 0 spiro atoms. The molecule has 0 bridgehead atoms. The summed E-state index contributed by atoms with van der Waals surface area (Å²) in [5.41, 5.74) is 8.26. The molecule has 6 aromatic carbocycles. The van der Waals surface area contributed by atoms with E-state index in [1.165, 1.54) is 0 Å². The maximum atomic E-state index is 7.90. The van der Waals surface area contributed by atoms with Gasteiger partial charge in [0.1, 0.15) is 11.2 Å². The molecule has 8 aromatic rings. The second-order valence-electron chi connectivity index (χ2n) is 10.7. The largest absolute Gasteiger partial charge is 0.455 e. The first-order chi connectivity index (χ1) is 22.3. The van der Waals surface area contributed by atoms with Gasteiger partial charge in [-0.25, -0.2) is 19.8 Å². The van der Waals surface area contributed by atoms with Gasteiger partial charge in [-0.05, 0) is 40.5 Å². The van der Waals surface area contributed by atoms with E-state index in [4.69, 9.17) is 25.9 Å². The Kier molecular flexibility index (Phi) is 6.44. The number of fused-ring (bicyclic) bond motifs is 3. The molecule has 0 saturated carbocycles. The summed E-state index contributed by atoms with van der Waals surface area (Å²) >= 11 is 0. The van der Waals surface area contributed by atoms with Crippen molar-refractivity contribution in [3.63, 3.8) is 0 Å². The smallest absolute Gasteiger partial charge is 0.194 e. The van der Waals surface area contributed by atoms with Gasteiger partial charge >= 0.3 is 0 Å². The van der Waals surface area contributed by atoms with Crippen LogP contribution in [0.5, 0.6) is 0 Å². The van der Waals surface area contributed by atoms with Crippen LogP contribution in [-0.2, 0) is 0 Å². The van der Waals surface area contributed by atoms with E-state index >= 15 is 0 Å². The van der Waals surface area contributed by atoms with Gasteiger partial charge in [-0.1, -0.05) is 127 Å². The summed E-state index contributed by atoms with van der Waals surface area (Å²) in [6, 6.07) is 48.2. The molecule has 0 amide bonds. The second kappa shape index (κ2) is 11.0. The number of rotatable bonds is 5. The molecule has 5 heteroatoms. The van der Waals surface area contributed by atoms with Crippen LogP contribution in [0.3, 0.4) is 0 Å². The average molecular weight is 577 g/mol. The van der Waals surface area contributed by atoms with Gasteiger partial charge in [0.05, 0.1) is 12.1 Å². The highest BCUT2D eigenvalue weighted by Crippen LogP contribution is 2.44. The van der Waals surface area contributed by atoms with Crippen LogP contribution in [0.2, 0.25) is 0 Å². The lowest BCUT2D eigenvalue weighted by molar-refractivity contribution is 0.669. The van der Waals surface area contributed by atoms with Gasteiger partial charge in [-0.3, -0.25) is 0 Å². The van der Waals surface area contributed by atoms with Gasteiger partial charge in [0, 0.05) is 21.9 Å². The topological polar surface area (TPSA) is 56.2 Å². The molecule has 0 aliphatic carbocycles. The molecule has 0 unspecified atom stereocenters. The van der Waals surface area contributed by atoms with Crippen LogP contribution in [0.4, 0.5) is 5.69 Å². The van der Waals surface area contributed by atoms with Crippen LogP contribution in [-0.4, -0.2) is 15.0 Å². The van der Waals surface area contributed by atoms with Crippen LogP contribution in [0.25, 0.3) is 83.2 Å². The minimum absolute atomic E-state index is 0.475. The van der Waals surface area contributed by atoms with Crippen LogP contribution in [0.1, 0.15) is 0 Å². The maximum Gasteiger partial charge on any atom is 0.194 e. The quantitative estimate of drug-likeness (QED) is 0.191. The van der Waals surface area contributed by atoms with Gasteiger partial charge in [0.15, 0.2) is 23.2 Å². The second-order valence-corrected chi connectivity index (χ2v) is 10.7. The molecule has 8 rings (SSSR count). The van der Waals surface area contributed by atoms with Gasteiger partial charge in [0.2, 0.25) is 0 Å². The van der Waals surface area contributed by atoms with Crippen LogP contribution in [0.15, 0.2) is 150 Å². The van der Waals surface area contributed by atoms with Gasteiger partial charge in [-0.2, -0.15) is 0 Å². The third-order valence-corrected chi connectivity index (χ3v) is 7.98. The predicted octanol–water partition coefficient (Wildman–Crippen LogP) is 10.7. The molecule has 0 radical (unpaired) electrons. The summed E-state index contributed by atoms with van der Waals surface area (Å²) < 4.78 is 6.56. The first-order valence-electron chi connectivity index (χ1n) is 14.7. The third-order valence-electron chi connectivity index (χ3n) is 7.98. The molecule has 0 saturated heterocycles. The van der Waals surface area contributed by atoms with Crippen molar-refractivity contribution in [2.45, 2.75) is 0 Å². The van der Waals surface area contributed by atoms with Gasteiger partial charge in [0.25, 0.3) is 0 Å². The Bertz CT molecular complexity index is 2390. The number of nitrogens with zero attached hydrogens (tertiary/aromatic N) is 4. The Labute approximate surface area is 260 Å². The lowest BCUT2D eigenvalue weighted by Gasteiger charge is -2.14. The molecule has 0 N–H and O–H groups in total. The Hall–Kier alpha value is -6.38. The van der Waals surface area contributed by atoms with Crippen molar-refractivity contribution in [3.8, 4) is 56.4 Å². The molecule has 5 nitrogen and oxygen atoms in total. The molecule has 0 atom stereocenters. The van der Waals surface area contributed by atoms with E-state index in [2.05, 4.69) is 41.2 Å². The summed E-state index contributed by atoms with van der Waals surface area (Å²) in [5.74, 6) is 1.58. The maximum absolute atomic E-state index is 7.90. The summed E-state index contributed by atoms with van der Waals surface area (Å²) in [6.07, 6.45) is 0. The molecular formula is C40H24N4O. The minimum Gasteiger partial charge on any atom is -0.455 e. The number of furan rings is 1. The Morgan fingerprint density at radius 2 is 1.09 bits per heavy atom. The van der Waals surface area contributed by atoms with Crippen LogP contribution in [0, 0.1) is 6.57 Å². The van der Waals surface area contributed by atoms with E-state index < -0.39 is 0 Å². The Morgan fingerprint density at radius 3 is 1.89 bits per heavy atom. The first kappa shape index (κ1) is 26.3. The van der Waals surface area contributed by atoms with Crippen molar-refractivity contribution < 1.29 is 4.42 Å². The highest BCUT2D eigenvalue weighted by Gasteiger charge is 2.23. The zero-order chi connectivity index (χ0) is 30.2. The van der Waals surface area contributed by atoms with Crippen molar-refractivity contribution in [2.24, 2.45) is 0 Å². The number of benzene rings is 6. The molecular weight excluding hydrogens is 552 g/mol. The average Bonchev–Trinajstić information content (AvgIpc) is 3.50. The zero-order valence-electron chi connectivity index (χ0n) is 24.1. The van der Waals surface area contributed by atoms with E-state index in [-0.39, 0.29) is 0 Å². The van der Waals surface area contributed by atoms with Gasteiger partial charge in [-0.15, -0.1) is 0 Å². The van der Waals surface area contributed by atoms with Crippen molar-refractivity contribution in [1.82, 2.24) is 15.0 Å². The summed E-state index contributed by atoms with van der Waals surface area (Å²) in [7, 11) is 0. The van der Waals surface area contributed by atoms with E-state index in [1.54, 1.807) is 0 Å². The standard InChI is InChI=1S/C40H24N4O/c1-41-34-21-10-8-19-30(34)32-23-24-33-31-20-9-11-22-35(31)45-37(33)36(32)40-43-38(27-15-6-3-7-16-27)42-39(44-40)29-18-12-17-28(25-29)26-13-4-2-5-14-26/h2-25H. The van der Waals surface area contributed by atoms with Crippen molar-refractivity contribution in [3.05, 3.63) is 157 Å². The van der Waals surface area contributed by atoms with E-state index in [9.17, 15) is 0 Å². The highest BCUT2D eigenvalue weighted by atomic mass is 16.3. The third kappa shape index (κ3) is 4.71. The zero-order valence-corrected chi connectivity index (χ0v) is 24.1. The van der Waals surface area contributed by atoms with E-state index in [0.29, 0.717) is 28.7 Å². The summed E-state index contributed by atoms with van der Waals surface area (Å²) in [5, 5.41) is 1.96. The number of hydrogen-bond acceptors (Lipinski definition) is 4. The number of hydrogen-bond donors (Lipinski definition) is 0. The molecule has 45 heavy (non-hydrogen) atoms. The molecule has 0 fully saturated rings. The normalized spacial score (nSPS) is 11.1. The predicted molar refractivity (Wildman–Crippen MR) is 181 cm³/mol. The van der Waals surface area contributed by atoms with E-state index in [0.717, 1.165) is 55.3 Å². The van der Waals surface area contributed by atoms with Crippen molar-refractivity contribution >= 4 is 27.6 Å². The number of aromatic nitrogens is 3. The number of para-hydroxylation sites is 2. The molecule has 2 heterocycles. The molecule has 210 valence electrons. The van der Waals surface area contributed by atoms with Gasteiger partial charge < -0.3 is 4.42 Å². The SMILES string of the molecule is [C-]#[N+]c1ccccc1-c1ccc2c(oc3ccccc32)c1-c1nc(-c2ccccc2)nc(-c2cccc(-c3ccccc3)c2)n1. The van der Waals surface area contributed by atoms with E-state index in [1.807, 2.05) is 109 Å². The molecule has 2 aromatic heterocycles. The van der Waals surface area contributed by atoms with Crippen molar-refractivity contribution in [1.29, 1.82) is 0 Å². The van der Waals surface area contributed by atoms with Crippen LogP contribution < -0.4 is 0 Å². The fraction of sp³-hybridized carbons (Fsp3) is 0. The lowest BCUT2D eigenvalue weighted by atomic mass is 9.95. The molecule has 0 aliphatic rings. The fourth-order valence-corrected chi connectivity index (χ4v) is 5.84. The lowest BCUT2D eigenvalue weighted by Crippen LogP contribution is -2.01. The Morgan fingerprint density at radius 1 is 0.467 bits per heavy atom. The molecule has 0 aliphatic heterocycles. The summed E-state index contributed by atoms with van der Waals surface area (Å²) in [4.78, 5) is 19.1. The monoisotopic (exact) mass is 576 g/mol. The minimum atomic E-state index is 0.475. The van der Waals surface area contributed by atoms with Crippen LogP contribution >= 0.6 is 0 Å². The Balaban J connectivity index is 1.44. The highest BCUT2D eigenvalue weighted by molar-refractivity contribution is 6.12. The summed E-state index contributed by atoms with van der Waals surface area (Å²) in [6.45, 7) is 7.90. The fourth-order valence-electron chi connectivity index (χ4n) is 5.84. The van der Waals surface area contributed by atoms with Crippen molar-refractivity contribution in [2.75, 3.05) is 0 Å².